The minimum Gasteiger partial charge on any atom is -0.545 e. The van der Waals surface area contributed by atoms with Gasteiger partial charge in [0.1, 0.15) is 0 Å². The van der Waals surface area contributed by atoms with Crippen molar-refractivity contribution in [3.8, 4) is 0 Å². The lowest BCUT2D eigenvalue weighted by atomic mass is 10.1. The zero-order valence-electron chi connectivity index (χ0n) is 16.3. The molecular weight excluding hydrogens is 483 g/mol. The molecule has 0 aromatic heterocycles. The Morgan fingerprint density at radius 2 is 1.03 bits per heavy atom. The zero-order chi connectivity index (χ0) is 21.8. The maximum Gasteiger partial charge on any atom is 0.182 e. The number of aromatic carboxylic acids is 2. The van der Waals surface area contributed by atoms with E-state index in [-0.39, 0.29) is 11.1 Å². The molecule has 0 N–H and O–H groups in total. The van der Waals surface area contributed by atoms with Crippen LogP contribution in [0.25, 0.3) is 0 Å². The summed E-state index contributed by atoms with van der Waals surface area (Å²) in [7, 11) is 0. The molecule has 6 heteroatoms. The second-order valence-electron chi connectivity index (χ2n) is 6.10. The van der Waals surface area contributed by atoms with Crippen LogP contribution in [0.2, 0.25) is 0 Å². The van der Waals surface area contributed by atoms with E-state index in [1.165, 1.54) is 41.0 Å². The van der Waals surface area contributed by atoms with Gasteiger partial charge < -0.3 is 19.8 Å². The lowest BCUT2D eigenvalue weighted by Crippen LogP contribution is -2.21. The number of hydrogen-bond acceptors (Lipinski definition) is 5. The van der Waals surface area contributed by atoms with Gasteiger partial charge in [-0.15, -0.1) is 0 Å². The van der Waals surface area contributed by atoms with Gasteiger partial charge in [0.25, 0.3) is 0 Å². The number of carbonyl (C=O) groups is 2. The molecule has 29 heavy (non-hydrogen) atoms. The first-order valence-electron chi connectivity index (χ1n) is 8.64. The van der Waals surface area contributed by atoms with Gasteiger partial charge in [-0.2, -0.15) is 0 Å². The van der Waals surface area contributed by atoms with Gasteiger partial charge in [0.05, 0.1) is 15.5 Å². The first-order chi connectivity index (χ1) is 13.8. The molecule has 0 aliphatic carbocycles. The quantitative estimate of drug-likeness (QED) is 0.511. The number of benzene rings is 3. The summed E-state index contributed by atoms with van der Waals surface area (Å²) in [5.74, 6) is -2.26. The molecule has 3 aromatic carbocycles. The predicted molar refractivity (Wildman–Crippen MR) is 116 cm³/mol. The summed E-state index contributed by atoms with van der Waals surface area (Å²) in [6.45, 7) is 6.10. The van der Waals surface area contributed by atoms with E-state index in [1.54, 1.807) is 36.4 Å². The van der Waals surface area contributed by atoms with Crippen LogP contribution in [-0.2, 0) is 3.07 Å². The number of carbonyl (C=O) groups excluding carboxylic acids is 2. The molecule has 3 aromatic rings. The van der Waals surface area contributed by atoms with E-state index in [4.69, 9.17) is 0 Å². The highest BCUT2D eigenvalue weighted by Gasteiger charge is 2.01. The number of carboxylic acids is 2. The van der Waals surface area contributed by atoms with E-state index in [0.29, 0.717) is 0 Å². The third-order valence-corrected chi connectivity index (χ3v) is 5.82. The second kappa shape index (κ2) is 12.6. The molecule has 0 radical (unpaired) electrons. The molecule has 0 aliphatic rings. The fourth-order valence-corrected chi connectivity index (χ4v) is 3.44. The summed E-state index contributed by atoms with van der Waals surface area (Å²) in [6, 6.07) is 20.3. The van der Waals surface area contributed by atoms with E-state index in [0.717, 1.165) is 3.57 Å². The topological polar surface area (TPSA) is 97.3 Å². The molecule has 0 unspecified atom stereocenters. The molecule has 0 bridgehead atoms. The van der Waals surface area contributed by atoms with Crippen molar-refractivity contribution in [3.05, 3.63) is 104 Å². The highest BCUT2D eigenvalue weighted by molar-refractivity contribution is 14.1. The van der Waals surface area contributed by atoms with Gasteiger partial charge in [-0.05, 0) is 43.0 Å². The maximum atomic E-state index is 10.8. The molecule has 0 fully saturated rings. The first kappa shape index (κ1) is 24.2. The van der Waals surface area contributed by atoms with Crippen LogP contribution in [-0.4, -0.2) is 11.9 Å². The van der Waals surface area contributed by atoms with Crippen LogP contribution in [0.1, 0.15) is 37.4 Å². The van der Waals surface area contributed by atoms with Crippen molar-refractivity contribution < 1.29 is 22.9 Å². The van der Waals surface area contributed by atoms with Crippen molar-refractivity contribution in [1.82, 2.24) is 0 Å². The van der Waals surface area contributed by atoms with E-state index in [1.807, 2.05) is 13.8 Å². The van der Waals surface area contributed by atoms with Gasteiger partial charge >= 0.3 is 0 Å². The number of carboxylic acid groups (broad SMARTS) is 2. The summed E-state index contributed by atoms with van der Waals surface area (Å²) in [5, 5.41) is 20.2. The molecule has 3 rings (SSSR count). The highest BCUT2D eigenvalue weighted by Crippen LogP contribution is 2.21. The highest BCUT2D eigenvalue weighted by atomic mass is 127. The molecule has 0 atom stereocenters. The Bertz CT molecular complexity index is 881. The van der Waals surface area contributed by atoms with Gasteiger partial charge in [-0.3, -0.25) is 3.07 Å². The SMILES string of the molecule is Cc1cc(C)c(I=O)c(C)c1.O=C([O-])c1ccccc1.O=C([O-])c1ccccc1. The average Bonchev–Trinajstić information content (AvgIpc) is 2.70. The van der Waals surface area contributed by atoms with Crippen molar-refractivity contribution in [2.24, 2.45) is 0 Å². The van der Waals surface area contributed by atoms with Gasteiger partial charge in [0.2, 0.25) is 0 Å². The number of aryl methyl sites for hydroxylation is 3. The van der Waals surface area contributed by atoms with Gasteiger partial charge in [0.15, 0.2) is 21.2 Å². The Kier molecular flexibility index (Phi) is 10.5. The number of hydrogen-bond donors (Lipinski definition) is 0. The van der Waals surface area contributed by atoms with E-state index >= 15 is 0 Å². The Hall–Kier alpha value is -2.87. The van der Waals surface area contributed by atoms with Gasteiger partial charge in [-0.1, -0.05) is 78.4 Å². The molecule has 152 valence electrons. The Balaban J connectivity index is 0.000000219. The van der Waals surface area contributed by atoms with E-state index in [9.17, 15) is 22.9 Å². The monoisotopic (exact) mass is 504 g/mol. The largest absolute Gasteiger partial charge is 0.545 e. The first-order valence-corrected chi connectivity index (χ1v) is 10.6. The molecule has 0 heterocycles. The second-order valence-corrected chi connectivity index (χ2v) is 7.62. The zero-order valence-corrected chi connectivity index (χ0v) is 18.5. The number of rotatable bonds is 3. The van der Waals surface area contributed by atoms with Crippen LogP contribution in [0, 0.1) is 24.3 Å². The van der Waals surface area contributed by atoms with E-state index in [2.05, 4.69) is 19.1 Å². The van der Waals surface area contributed by atoms with Crippen LogP contribution in [0.5, 0.6) is 0 Å². The Morgan fingerprint density at radius 1 is 0.690 bits per heavy atom. The van der Waals surface area contributed by atoms with Crippen molar-refractivity contribution in [1.29, 1.82) is 0 Å². The van der Waals surface area contributed by atoms with Crippen LogP contribution in [0.15, 0.2) is 72.8 Å². The van der Waals surface area contributed by atoms with Crippen molar-refractivity contribution >= 4 is 33.1 Å². The standard InChI is InChI=1S/C9H11IO.2C7H6O2/c1-6-4-7(2)9(10-11)8(3)5-6;2*8-7(9)6-4-2-1-3-5-6/h4-5H,1-3H3;2*1-5H,(H,8,9)/p-2. The number of halogens is 1. The molecule has 0 saturated heterocycles. The average molecular weight is 504 g/mol. The Labute approximate surface area is 180 Å². The molecule has 0 amide bonds. The third-order valence-electron chi connectivity index (χ3n) is 3.68. The molecule has 0 spiro atoms. The molecular formula is C23H21IO5-2. The van der Waals surface area contributed by atoms with Crippen LogP contribution in [0.3, 0.4) is 0 Å². The van der Waals surface area contributed by atoms with Crippen LogP contribution < -0.4 is 10.2 Å². The fraction of sp³-hybridized carbons (Fsp3) is 0.130. The lowest BCUT2D eigenvalue weighted by molar-refractivity contribution is -0.256. The fourth-order valence-electron chi connectivity index (χ4n) is 2.43. The van der Waals surface area contributed by atoms with Crippen molar-refractivity contribution in [3.63, 3.8) is 0 Å². The van der Waals surface area contributed by atoms with Gasteiger partial charge in [-0.25, -0.2) is 0 Å². The smallest absolute Gasteiger partial charge is 0.182 e. The third kappa shape index (κ3) is 8.78. The van der Waals surface area contributed by atoms with E-state index < -0.39 is 33.1 Å². The Morgan fingerprint density at radius 3 is 1.28 bits per heavy atom. The minimum absolute atomic E-state index is 0.220. The normalized spacial score (nSPS) is 9.34. The molecule has 0 aliphatic heterocycles. The van der Waals surface area contributed by atoms with Crippen LogP contribution in [0.4, 0.5) is 0 Å². The van der Waals surface area contributed by atoms with Gasteiger partial charge in [0, 0.05) is 0 Å². The van der Waals surface area contributed by atoms with Crippen molar-refractivity contribution in [2.45, 2.75) is 20.8 Å². The summed E-state index contributed by atoms with van der Waals surface area (Å²) in [4.78, 5) is 20.2. The summed E-state index contributed by atoms with van der Waals surface area (Å²) in [5.41, 5.74) is 4.03. The molecule has 0 saturated carbocycles. The molecule has 5 nitrogen and oxygen atoms in total. The summed E-state index contributed by atoms with van der Waals surface area (Å²) in [6.07, 6.45) is 0. The minimum atomic E-state index is -1.13. The predicted octanol–water partition coefficient (Wildman–Crippen LogP) is 3.20. The summed E-state index contributed by atoms with van der Waals surface area (Å²) < 4.78 is 11.9. The maximum absolute atomic E-state index is 10.8. The van der Waals surface area contributed by atoms with Crippen molar-refractivity contribution in [2.75, 3.05) is 0 Å². The summed E-state index contributed by atoms with van der Waals surface area (Å²) >= 11 is -0.997. The van der Waals surface area contributed by atoms with Crippen LogP contribution >= 0.6 is 21.2 Å². The lowest BCUT2D eigenvalue weighted by Gasteiger charge is -2.02.